The minimum Gasteiger partial charge on any atom is -0.494 e. The van der Waals surface area contributed by atoms with Gasteiger partial charge in [-0.2, -0.15) is 0 Å². The first-order valence-corrected chi connectivity index (χ1v) is 9.71. The van der Waals surface area contributed by atoms with Crippen molar-refractivity contribution in [1.82, 2.24) is 4.90 Å². The maximum absolute atomic E-state index is 12.1. The summed E-state index contributed by atoms with van der Waals surface area (Å²) >= 11 is 0. The quantitative estimate of drug-likeness (QED) is 0.762. The van der Waals surface area contributed by atoms with Crippen LogP contribution >= 0.6 is 12.4 Å². The van der Waals surface area contributed by atoms with Gasteiger partial charge in [0.15, 0.2) is 9.84 Å². The van der Waals surface area contributed by atoms with Crippen molar-refractivity contribution in [2.75, 3.05) is 26.0 Å². The SMILES string of the molecule is CS(=O)(=O)c1ccc(OCCCC(=O)N2CCCC(N)C2)cc1.Cl. The van der Waals surface area contributed by atoms with Gasteiger partial charge in [0, 0.05) is 31.8 Å². The highest BCUT2D eigenvalue weighted by Gasteiger charge is 2.20. The molecule has 0 radical (unpaired) electrons. The molecule has 1 aliphatic heterocycles. The van der Waals surface area contributed by atoms with E-state index >= 15 is 0 Å². The number of piperidine rings is 1. The zero-order valence-corrected chi connectivity index (χ0v) is 15.4. The lowest BCUT2D eigenvalue weighted by atomic mass is 10.1. The number of nitrogens with two attached hydrogens (primary N) is 1. The monoisotopic (exact) mass is 376 g/mol. The second-order valence-corrected chi connectivity index (χ2v) is 7.95. The molecule has 0 aliphatic carbocycles. The molecule has 1 saturated heterocycles. The molecular weight excluding hydrogens is 352 g/mol. The van der Waals surface area contributed by atoms with Gasteiger partial charge >= 0.3 is 0 Å². The lowest BCUT2D eigenvalue weighted by Crippen LogP contribution is -2.45. The zero-order chi connectivity index (χ0) is 16.9. The molecule has 2 rings (SSSR count). The summed E-state index contributed by atoms with van der Waals surface area (Å²) in [6, 6.07) is 6.39. The standard InChI is InChI=1S/C16H24N2O4S.ClH/c1-23(20,21)15-8-6-14(7-9-15)22-11-3-5-16(19)18-10-2-4-13(17)12-18;/h6-9,13H,2-5,10-12,17H2,1H3;1H. The number of amides is 1. The Morgan fingerprint density at radius 1 is 1.33 bits per heavy atom. The summed E-state index contributed by atoms with van der Waals surface area (Å²) in [7, 11) is -3.19. The predicted octanol–water partition coefficient (Wildman–Crippen LogP) is 1.62. The minimum absolute atomic E-state index is 0. The van der Waals surface area contributed by atoms with Crippen LogP contribution in [-0.2, 0) is 14.6 Å². The third-order valence-corrected chi connectivity index (χ3v) is 4.99. The molecule has 136 valence electrons. The van der Waals surface area contributed by atoms with Crippen LogP contribution in [0, 0.1) is 0 Å². The smallest absolute Gasteiger partial charge is 0.222 e. The molecule has 0 bridgehead atoms. The second-order valence-electron chi connectivity index (χ2n) is 5.94. The fourth-order valence-electron chi connectivity index (χ4n) is 2.59. The molecule has 6 nitrogen and oxygen atoms in total. The van der Waals surface area contributed by atoms with E-state index in [1.807, 2.05) is 4.90 Å². The normalized spacial score (nSPS) is 17.9. The molecule has 1 amide bonds. The van der Waals surface area contributed by atoms with Gasteiger partial charge in [0.05, 0.1) is 11.5 Å². The van der Waals surface area contributed by atoms with Crippen molar-refractivity contribution in [2.45, 2.75) is 36.6 Å². The predicted molar refractivity (Wildman–Crippen MR) is 95.3 cm³/mol. The summed E-state index contributed by atoms with van der Waals surface area (Å²) < 4.78 is 28.3. The molecule has 1 aromatic rings. The Morgan fingerprint density at radius 2 is 2.00 bits per heavy atom. The van der Waals surface area contributed by atoms with Crippen LogP contribution in [0.4, 0.5) is 0 Å². The summed E-state index contributed by atoms with van der Waals surface area (Å²) in [5.41, 5.74) is 5.88. The molecule has 2 N–H and O–H groups in total. The molecule has 0 aromatic heterocycles. The van der Waals surface area contributed by atoms with E-state index < -0.39 is 9.84 Å². The number of hydrogen-bond donors (Lipinski definition) is 1. The van der Waals surface area contributed by atoms with Gasteiger partial charge in [-0.1, -0.05) is 0 Å². The number of hydrogen-bond acceptors (Lipinski definition) is 5. The lowest BCUT2D eigenvalue weighted by Gasteiger charge is -2.30. The molecule has 8 heteroatoms. The summed E-state index contributed by atoms with van der Waals surface area (Å²) in [5.74, 6) is 0.723. The summed E-state index contributed by atoms with van der Waals surface area (Å²) in [6.45, 7) is 1.86. The van der Waals surface area contributed by atoms with Gasteiger partial charge < -0.3 is 15.4 Å². The maximum atomic E-state index is 12.1. The van der Waals surface area contributed by atoms with Crippen molar-refractivity contribution in [3.8, 4) is 5.75 Å². The number of carbonyl (C=O) groups excluding carboxylic acids is 1. The van der Waals surface area contributed by atoms with Crippen molar-refractivity contribution in [2.24, 2.45) is 5.73 Å². The van der Waals surface area contributed by atoms with Gasteiger partial charge in [0.25, 0.3) is 0 Å². The lowest BCUT2D eigenvalue weighted by molar-refractivity contribution is -0.132. The van der Waals surface area contributed by atoms with Crippen LogP contribution in [0.5, 0.6) is 5.75 Å². The van der Waals surface area contributed by atoms with E-state index in [4.69, 9.17) is 10.5 Å². The first kappa shape index (κ1) is 20.7. The van der Waals surface area contributed by atoms with E-state index in [2.05, 4.69) is 0 Å². The minimum atomic E-state index is -3.19. The van der Waals surface area contributed by atoms with Crippen LogP contribution < -0.4 is 10.5 Å². The Kier molecular flexibility index (Phi) is 7.99. The molecule has 0 saturated carbocycles. The Morgan fingerprint density at radius 3 is 2.58 bits per heavy atom. The molecule has 1 aliphatic rings. The van der Waals surface area contributed by atoms with E-state index in [1.54, 1.807) is 12.1 Å². The Hall–Kier alpha value is -1.31. The number of halogens is 1. The molecular formula is C16H25ClN2O4S. The topological polar surface area (TPSA) is 89.7 Å². The summed E-state index contributed by atoms with van der Waals surface area (Å²) in [6.07, 6.45) is 4.18. The number of carbonyl (C=O) groups is 1. The number of likely N-dealkylation sites (tertiary alicyclic amines) is 1. The molecule has 1 atom stereocenters. The molecule has 1 unspecified atom stereocenters. The zero-order valence-electron chi connectivity index (χ0n) is 13.8. The van der Waals surface area contributed by atoms with Gasteiger partial charge in [0.2, 0.25) is 5.91 Å². The van der Waals surface area contributed by atoms with Crippen LogP contribution in [0.2, 0.25) is 0 Å². The average Bonchev–Trinajstić information content (AvgIpc) is 2.51. The van der Waals surface area contributed by atoms with Crippen molar-refractivity contribution < 1.29 is 17.9 Å². The molecule has 1 fully saturated rings. The number of ether oxygens (including phenoxy) is 1. The summed E-state index contributed by atoms with van der Waals surface area (Å²) in [4.78, 5) is 14.2. The largest absolute Gasteiger partial charge is 0.494 e. The fourth-order valence-corrected chi connectivity index (χ4v) is 3.22. The first-order valence-electron chi connectivity index (χ1n) is 7.82. The highest BCUT2D eigenvalue weighted by atomic mass is 35.5. The van der Waals surface area contributed by atoms with Gasteiger partial charge in [-0.15, -0.1) is 12.4 Å². The van der Waals surface area contributed by atoms with Crippen LogP contribution in [0.3, 0.4) is 0 Å². The van der Waals surface area contributed by atoms with Crippen molar-refractivity contribution in [1.29, 1.82) is 0 Å². The third kappa shape index (κ3) is 6.30. The van der Waals surface area contributed by atoms with Gasteiger partial charge in [-0.05, 0) is 43.5 Å². The first-order chi connectivity index (χ1) is 10.9. The van der Waals surface area contributed by atoms with Crippen molar-refractivity contribution in [3.63, 3.8) is 0 Å². The summed E-state index contributed by atoms with van der Waals surface area (Å²) in [5, 5.41) is 0. The van der Waals surface area contributed by atoms with Gasteiger partial charge in [-0.3, -0.25) is 4.79 Å². The Balaban J connectivity index is 0.00000288. The van der Waals surface area contributed by atoms with Crippen LogP contribution in [0.1, 0.15) is 25.7 Å². The highest BCUT2D eigenvalue weighted by molar-refractivity contribution is 7.90. The van der Waals surface area contributed by atoms with Crippen molar-refractivity contribution >= 4 is 28.2 Å². The van der Waals surface area contributed by atoms with Gasteiger partial charge in [-0.25, -0.2) is 8.42 Å². The van der Waals surface area contributed by atoms with Crippen LogP contribution in [0.15, 0.2) is 29.2 Å². The molecule has 0 spiro atoms. The van der Waals surface area contributed by atoms with E-state index in [0.29, 0.717) is 31.7 Å². The third-order valence-electron chi connectivity index (χ3n) is 3.87. The molecule has 1 heterocycles. The highest BCUT2D eigenvalue weighted by Crippen LogP contribution is 2.16. The Labute approximate surface area is 149 Å². The average molecular weight is 377 g/mol. The van der Waals surface area contributed by atoms with E-state index in [0.717, 1.165) is 19.4 Å². The fraction of sp³-hybridized carbons (Fsp3) is 0.562. The van der Waals surface area contributed by atoms with E-state index in [9.17, 15) is 13.2 Å². The number of sulfone groups is 1. The number of rotatable bonds is 6. The van der Waals surface area contributed by atoms with Crippen LogP contribution in [-0.4, -0.2) is 51.2 Å². The van der Waals surface area contributed by atoms with Crippen LogP contribution in [0.25, 0.3) is 0 Å². The van der Waals surface area contributed by atoms with Crippen molar-refractivity contribution in [3.05, 3.63) is 24.3 Å². The number of benzene rings is 1. The number of nitrogens with zero attached hydrogens (tertiary/aromatic N) is 1. The Bertz CT molecular complexity index is 634. The molecule has 24 heavy (non-hydrogen) atoms. The van der Waals surface area contributed by atoms with Gasteiger partial charge in [0.1, 0.15) is 5.75 Å². The maximum Gasteiger partial charge on any atom is 0.222 e. The second kappa shape index (κ2) is 9.25. The molecule has 1 aromatic carbocycles. The van der Waals surface area contributed by atoms with E-state index in [-0.39, 0.29) is 29.3 Å². The van der Waals surface area contributed by atoms with E-state index in [1.165, 1.54) is 18.4 Å².